The first kappa shape index (κ1) is 17.2. The van der Waals surface area contributed by atoms with E-state index >= 15 is 0 Å². The van der Waals surface area contributed by atoms with Crippen molar-refractivity contribution in [3.05, 3.63) is 28.7 Å². The van der Waals surface area contributed by atoms with Crippen LogP contribution in [0.4, 0.5) is 0 Å². The minimum Gasteiger partial charge on any atom is -0.492 e. The number of carbonyl (C=O) groups excluding carboxylic acids is 1. The van der Waals surface area contributed by atoms with E-state index in [0.717, 1.165) is 16.8 Å². The molecule has 0 aliphatic heterocycles. The third-order valence-electron chi connectivity index (χ3n) is 2.12. The van der Waals surface area contributed by atoms with Gasteiger partial charge in [0.25, 0.3) is 0 Å². The summed E-state index contributed by atoms with van der Waals surface area (Å²) in [6, 6.07) is 7.58. The van der Waals surface area contributed by atoms with Crippen molar-refractivity contribution < 1.29 is 9.53 Å². The van der Waals surface area contributed by atoms with Crippen LogP contribution in [0.15, 0.2) is 28.7 Å². The smallest absolute Gasteiger partial charge is 0.223 e. The van der Waals surface area contributed by atoms with E-state index in [9.17, 15) is 4.79 Å². The molecule has 0 radical (unpaired) electrons. The van der Waals surface area contributed by atoms with Crippen molar-refractivity contribution in [2.24, 2.45) is 0 Å². The summed E-state index contributed by atoms with van der Waals surface area (Å²) in [5.74, 6) is 0.767. The van der Waals surface area contributed by atoms with E-state index < -0.39 is 0 Å². The molecule has 1 aromatic carbocycles. The normalized spacial score (nSPS) is 9.44. The number of nitrogens with one attached hydrogen (secondary N) is 2. The van der Waals surface area contributed by atoms with Crippen LogP contribution in [0.5, 0.6) is 5.75 Å². The molecule has 0 aliphatic carbocycles. The number of hydrogen-bond acceptors (Lipinski definition) is 3. The fourth-order valence-electron chi connectivity index (χ4n) is 1.23. The summed E-state index contributed by atoms with van der Waals surface area (Å²) in [5, 5.41) is 5.75. The number of rotatable bonds is 7. The van der Waals surface area contributed by atoms with Gasteiger partial charge in [-0.15, -0.1) is 12.4 Å². The Balaban J connectivity index is 0.00000289. The lowest BCUT2D eigenvalue weighted by atomic mass is 10.3. The number of amides is 1. The van der Waals surface area contributed by atoms with Crippen LogP contribution in [0.25, 0.3) is 0 Å². The summed E-state index contributed by atoms with van der Waals surface area (Å²) in [6.07, 6.45) is 0.366. The highest BCUT2D eigenvalue weighted by atomic mass is 79.9. The van der Waals surface area contributed by atoms with Gasteiger partial charge in [0.1, 0.15) is 5.75 Å². The Bertz CT molecular complexity index is 364. The van der Waals surface area contributed by atoms with Crippen molar-refractivity contribution >= 4 is 34.2 Å². The Kier molecular flexibility index (Phi) is 9.73. The van der Waals surface area contributed by atoms with Crippen LogP contribution in [-0.2, 0) is 4.79 Å². The number of ether oxygens (including phenoxy) is 1. The molecule has 0 heterocycles. The SMILES string of the molecule is CNCCNC(=O)CCOc1ccccc1Br.Cl. The molecular formula is C12H18BrClN2O2. The molecule has 0 atom stereocenters. The van der Waals surface area contributed by atoms with E-state index in [2.05, 4.69) is 26.6 Å². The lowest BCUT2D eigenvalue weighted by Crippen LogP contribution is -2.31. The highest BCUT2D eigenvalue weighted by Crippen LogP contribution is 2.23. The number of benzene rings is 1. The quantitative estimate of drug-likeness (QED) is 0.748. The number of carbonyl (C=O) groups is 1. The molecule has 4 nitrogen and oxygen atoms in total. The first-order chi connectivity index (χ1) is 8.24. The van der Waals surface area contributed by atoms with Gasteiger partial charge in [-0.25, -0.2) is 0 Å². The molecule has 0 aromatic heterocycles. The van der Waals surface area contributed by atoms with Gasteiger partial charge in [-0.1, -0.05) is 12.1 Å². The van der Waals surface area contributed by atoms with Gasteiger partial charge in [-0.05, 0) is 35.1 Å². The van der Waals surface area contributed by atoms with E-state index in [-0.39, 0.29) is 18.3 Å². The molecule has 0 saturated carbocycles. The summed E-state index contributed by atoms with van der Waals surface area (Å²) >= 11 is 3.38. The highest BCUT2D eigenvalue weighted by Gasteiger charge is 2.02. The van der Waals surface area contributed by atoms with Crippen molar-refractivity contribution in [2.45, 2.75) is 6.42 Å². The average molecular weight is 338 g/mol. The van der Waals surface area contributed by atoms with Crippen LogP contribution in [0, 0.1) is 0 Å². The van der Waals surface area contributed by atoms with Crippen molar-refractivity contribution in [3.63, 3.8) is 0 Å². The molecule has 18 heavy (non-hydrogen) atoms. The van der Waals surface area contributed by atoms with Gasteiger partial charge in [0.15, 0.2) is 0 Å². The Labute approximate surface area is 122 Å². The highest BCUT2D eigenvalue weighted by molar-refractivity contribution is 9.10. The van der Waals surface area contributed by atoms with Crippen molar-refractivity contribution in [2.75, 3.05) is 26.7 Å². The Morgan fingerprint density at radius 1 is 1.33 bits per heavy atom. The summed E-state index contributed by atoms with van der Waals surface area (Å²) in [4.78, 5) is 11.4. The van der Waals surface area contributed by atoms with Crippen molar-refractivity contribution in [1.29, 1.82) is 0 Å². The van der Waals surface area contributed by atoms with Gasteiger partial charge in [-0.3, -0.25) is 4.79 Å². The monoisotopic (exact) mass is 336 g/mol. The number of hydrogen-bond donors (Lipinski definition) is 2. The van der Waals surface area contributed by atoms with Crippen LogP contribution >= 0.6 is 28.3 Å². The van der Waals surface area contributed by atoms with E-state index in [1.165, 1.54) is 0 Å². The van der Waals surface area contributed by atoms with E-state index in [1.54, 1.807) is 0 Å². The molecule has 1 amide bonds. The van der Waals surface area contributed by atoms with E-state index in [1.807, 2.05) is 31.3 Å². The van der Waals surface area contributed by atoms with Crippen LogP contribution in [0.3, 0.4) is 0 Å². The molecular weight excluding hydrogens is 320 g/mol. The first-order valence-corrected chi connectivity index (χ1v) is 6.32. The maximum Gasteiger partial charge on any atom is 0.223 e. The van der Waals surface area contributed by atoms with Gasteiger partial charge in [0, 0.05) is 13.1 Å². The predicted octanol–water partition coefficient (Wildman–Crippen LogP) is 1.98. The zero-order chi connectivity index (χ0) is 12.5. The molecule has 102 valence electrons. The van der Waals surface area contributed by atoms with Gasteiger partial charge in [-0.2, -0.15) is 0 Å². The minimum atomic E-state index is 0. The molecule has 0 aliphatic rings. The Hall–Kier alpha value is -0.780. The second-order valence-electron chi connectivity index (χ2n) is 3.48. The lowest BCUT2D eigenvalue weighted by Gasteiger charge is -2.08. The average Bonchev–Trinajstić information content (AvgIpc) is 2.32. The van der Waals surface area contributed by atoms with E-state index in [4.69, 9.17) is 4.74 Å². The number of likely N-dealkylation sites (N-methyl/N-ethyl adjacent to an activating group) is 1. The van der Waals surface area contributed by atoms with Crippen LogP contribution < -0.4 is 15.4 Å². The Morgan fingerprint density at radius 3 is 2.72 bits per heavy atom. The minimum absolute atomic E-state index is 0. The van der Waals surface area contributed by atoms with Crippen molar-refractivity contribution in [3.8, 4) is 5.75 Å². The standard InChI is InChI=1S/C12H17BrN2O2.ClH/c1-14-7-8-15-12(16)6-9-17-11-5-3-2-4-10(11)13;/h2-5,14H,6-9H2,1H3,(H,15,16);1H. The summed E-state index contributed by atoms with van der Waals surface area (Å²) in [6.45, 7) is 1.80. The third-order valence-corrected chi connectivity index (χ3v) is 2.78. The van der Waals surface area contributed by atoms with E-state index in [0.29, 0.717) is 19.6 Å². The largest absolute Gasteiger partial charge is 0.492 e. The molecule has 0 bridgehead atoms. The molecule has 0 unspecified atom stereocenters. The molecule has 1 rings (SSSR count). The van der Waals surface area contributed by atoms with Gasteiger partial charge >= 0.3 is 0 Å². The summed E-state index contributed by atoms with van der Waals surface area (Å²) in [7, 11) is 1.85. The number of para-hydroxylation sites is 1. The predicted molar refractivity (Wildman–Crippen MR) is 78.4 cm³/mol. The molecule has 0 fully saturated rings. The van der Waals surface area contributed by atoms with Crippen molar-refractivity contribution in [1.82, 2.24) is 10.6 Å². The second-order valence-corrected chi connectivity index (χ2v) is 4.34. The second kappa shape index (κ2) is 10.2. The van der Waals surface area contributed by atoms with Gasteiger partial charge < -0.3 is 15.4 Å². The Morgan fingerprint density at radius 2 is 2.06 bits per heavy atom. The fraction of sp³-hybridized carbons (Fsp3) is 0.417. The van der Waals surface area contributed by atoms with Gasteiger partial charge in [0.2, 0.25) is 5.91 Å². The van der Waals surface area contributed by atoms with Gasteiger partial charge in [0.05, 0.1) is 17.5 Å². The maximum absolute atomic E-state index is 11.4. The fourth-order valence-corrected chi connectivity index (χ4v) is 1.63. The molecule has 1 aromatic rings. The van der Waals surface area contributed by atoms with Crippen LogP contribution in [-0.4, -0.2) is 32.7 Å². The molecule has 0 spiro atoms. The number of halogens is 2. The first-order valence-electron chi connectivity index (χ1n) is 5.52. The topological polar surface area (TPSA) is 50.4 Å². The zero-order valence-electron chi connectivity index (χ0n) is 10.2. The molecule has 6 heteroatoms. The zero-order valence-corrected chi connectivity index (χ0v) is 12.6. The lowest BCUT2D eigenvalue weighted by molar-refractivity contribution is -0.121. The third kappa shape index (κ3) is 6.83. The van der Waals surface area contributed by atoms with Crippen LogP contribution in [0.2, 0.25) is 0 Å². The molecule has 0 saturated heterocycles. The summed E-state index contributed by atoms with van der Waals surface area (Å²) in [5.41, 5.74) is 0. The molecule has 2 N–H and O–H groups in total. The van der Waals surface area contributed by atoms with Crippen LogP contribution in [0.1, 0.15) is 6.42 Å². The summed E-state index contributed by atoms with van der Waals surface area (Å²) < 4.78 is 6.39. The maximum atomic E-state index is 11.4.